The Morgan fingerprint density at radius 2 is 2.11 bits per heavy atom. The van der Waals surface area contributed by atoms with Crippen molar-refractivity contribution in [3.05, 3.63) is 58.6 Å². The molecule has 1 aromatic heterocycles. The number of para-hydroxylation sites is 1. The molecule has 5 rings (SSSR count). The maximum Gasteiger partial charge on any atom is 0.222 e. The summed E-state index contributed by atoms with van der Waals surface area (Å²) in [5.41, 5.74) is 4.11. The lowest BCUT2D eigenvalue weighted by Crippen LogP contribution is -2.56. The van der Waals surface area contributed by atoms with Gasteiger partial charge in [-0.2, -0.15) is 0 Å². The van der Waals surface area contributed by atoms with Crippen LogP contribution in [0.3, 0.4) is 0 Å². The second kappa shape index (κ2) is 6.89. The van der Waals surface area contributed by atoms with Crippen LogP contribution in [-0.4, -0.2) is 28.9 Å². The fourth-order valence-corrected chi connectivity index (χ4v) is 6.90. The summed E-state index contributed by atoms with van der Waals surface area (Å²) in [5, 5.41) is 1.18. The van der Waals surface area contributed by atoms with Crippen molar-refractivity contribution in [1.82, 2.24) is 9.88 Å². The third-order valence-corrected chi connectivity index (χ3v) is 8.76. The third-order valence-electron chi connectivity index (χ3n) is 6.53. The summed E-state index contributed by atoms with van der Waals surface area (Å²) in [5.74, 6) is 1.21. The topological polar surface area (TPSA) is 33.2 Å². The molecule has 0 N–H and O–H groups in total. The number of benzene rings is 2. The van der Waals surface area contributed by atoms with Crippen LogP contribution in [0.5, 0.6) is 0 Å². The molecule has 5 heteroatoms. The first-order valence-corrected chi connectivity index (χ1v) is 11.7. The van der Waals surface area contributed by atoms with Crippen molar-refractivity contribution >= 4 is 39.2 Å². The Labute approximate surface area is 174 Å². The highest BCUT2D eigenvalue weighted by molar-refractivity contribution is 7.98. The minimum atomic E-state index is 0.0898. The number of aryl methyl sites for hydroxylation is 1. The van der Waals surface area contributed by atoms with Gasteiger partial charge in [-0.15, -0.1) is 23.1 Å². The Balaban J connectivity index is 1.37. The van der Waals surface area contributed by atoms with E-state index in [1.807, 2.05) is 29.8 Å². The highest BCUT2D eigenvalue weighted by Gasteiger charge is 2.46. The smallest absolute Gasteiger partial charge is 0.222 e. The molecule has 0 bridgehead atoms. The summed E-state index contributed by atoms with van der Waals surface area (Å²) in [6, 6.07) is 15.7. The second-order valence-corrected chi connectivity index (χ2v) is 10.3. The molecular formula is C23H24N2OS2. The first-order chi connectivity index (χ1) is 13.5. The Kier molecular flexibility index (Phi) is 4.48. The van der Waals surface area contributed by atoms with E-state index >= 15 is 0 Å². The number of fused-ring (bicyclic) bond motifs is 4. The molecular weight excluding hydrogens is 384 g/mol. The summed E-state index contributed by atoms with van der Waals surface area (Å²) >= 11 is 3.66. The van der Waals surface area contributed by atoms with Crippen LogP contribution >= 0.6 is 23.1 Å². The number of carbonyl (C=O) groups excluding carboxylic acids is 1. The maximum absolute atomic E-state index is 12.2. The first-order valence-electron chi connectivity index (χ1n) is 9.91. The number of piperidine rings is 1. The molecule has 2 aromatic carbocycles. The number of likely N-dealkylation sites (N-methyl/N-ethyl adjacent to an activating group) is 1. The number of thioether (sulfide) groups is 1. The molecule has 1 aliphatic carbocycles. The molecule has 0 spiro atoms. The van der Waals surface area contributed by atoms with E-state index in [1.54, 1.807) is 11.3 Å². The fourth-order valence-electron chi connectivity index (χ4n) is 4.98. The molecule has 0 radical (unpaired) electrons. The average Bonchev–Trinajstić information content (AvgIpc) is 3.12. The van der Waals surface area contributed by atoms with Gasteiger partial charge in [0.05, 0.1) is 16.0 Å². The number of aromatic nitrogens is 1. The summed E-state index contributed by atoms with van der Waals surface area (Å²) in [4.78, 5) is 20.2. The van der Waals surface area contributed by atoms with Crippen LogP contribution in [0.2, 0.25) is 0 Å². The number of thiazole rings is 1. The normalized spacial score (nSPS) is 24.3. The predicted molar refractivity (Wildman–Crippen MR) is 117 cm³/mol. The van der Waals surface area contributed by atoms with E-state index in [1.165, 1.54) is 25.7 Å². The van der Waals surface area contributed by atoms with Crippen molar-refractivity contribution in [2.45, 2.75) is 54.7 Å². The summed E-state index contributed by atoms with van der Waals surface area (Å²) in [6.45, 7) is 2.35. The van der Waals surface area contributed by atoms with E-state index in [0.717, 1.165) is 30.5 Å². The van der Waals surface area contributed by atoms with Crippen molar-refractivity contribution in [2.24, 2.45) is 0 Å². The standard InChI is InChI=1S/C23H24N2OS2/c1-23-12-11-22(26)25(2)20(23)10-7-15-13-16(8-9-17(15)23)27-14-21-24-18-5-3-4-6-19(18)28-21/h3-6,8-9,13,20H,7,10-12,14H2,1-2H3/t20-,23-/m1/s1. The van der Waals surface area contributed by atoms with E-state index in [4.69, 9.17) is 4.98 Å². The van der Waals surface area contributed by atoms with Crippen LogP contribution in [0.15, 0.2) is 47.4 Å². The van der Waals surface area contributed by atoms with Gasteiger partial charge in [-0.05, 0) is 54.7 Å². The van der Waals surface area contributed by atoms with Gasteiger partial charge in [0.2, 0.25) is 5.91 Å². The van der Waals surface area contributed by atoms with E-state index in [-0.39, 0.29) is 5.41 Å². The number of amides is 1. The lowest BCUT2D eigenvalue weighted by atomic mass is 9.63. The summed E-state index contributed by atoms with van der Waals surface area (Å²) < 4.78 is 1.26. The monoisotopic (exact) mass is 408 g/mol. The van der Waals surface area contributed by atoms with Crippen molar-refractivity contribution in [1.29, 1.82) is 0 Å². The number of carbonyl (C=O) groups is 1. The number of nitrogens with zero attached hydrogens (tertiary/aromatic N) is 2. The van der Waals surface area contributed by atoms with Crippen molar-refractivity contribution < 1.29 is 4.79 Å². The van der Waals surface area contributed by atoms with Crippen LogP contribution in [0.4, 0.5) is 0 Å². The first kappa shape index (κ1) is 18.2. The molecule has 3 aromatic rings. The highest BCUT2D eigenvalue weighted by Crippen LogP contribution is 2.46. The van der Waals surface area contributed by atoms with Crippen LogP contribution < -0.4 is 0 Å². The van der Waals surface area contributed by atoms with Crippen molar-refractivity contribution in [3.63, 3.8) is 0 Å². The predicted octanol–water partition coefficient (Wildman–Crippen LogP) is 5.41. The molecule has 3 nitrogen and oxygen atoms in total. The van der Waals surface area contributed by atoms with Gasteiger partial charge in [0.25, 0.3) is 0 Å². The van der Waals surface area contributed by atoms with E-state index in [0.29, 0.717) is 18.4 Å². The van der Waals surface area contributed by atoms with E-state index < -0.39 is 0 Å². The molecule has 28 heavy (non-hydrogen) atoms. The Hall–Kier alpha value is -1.85. The minimum Gasteiger partial charge on any atom is -0.342 e. The van der Waals surface area contributed by atoms with Gasteiger partial charge in [-0.25, -0.2) is 4.98 Å². The highest BCUT2D eigenvalue weighted by atomic mass is 32.2. The lowest BCUT2D eigenvalue weighted by molar-refractivity contribution is -0.138. The zero-order valence-corrected chi connectivity index (χ0v) is 17.9. The molecule has 144 valence electrons. The van der Waals surface area contributed by atoms with Crippen LogP contribution in [0, 0.1) is 0 Å². The van der Waals surface area contributed by atoms with Gasteiger partial charge in [0.15, 0.2) is 0 Å². The molecule has 2 atom stereocenters. The van der Waals surface area contributed by atoms with Gasteiger partial charge < -0.3 is 4.90 Å². The summed E-state index contributed by atoms with van der Waals surface area (Å²) in [7, 11) is 1.98. The number of hydrogen-bond acceptors (Lipinski definition) is 4. The van der Waals surface area contributed by atoms with Gasteiger partial charge >= 0.3 is 0 Å². The number of hydrogen-bond donors (Lipinski definition) is 0. The second-order valence-electron chi connectivity index (χ2n) is 8.16. The Morgan fingerprint density at radius 3 is 2.96 bits per heavy atom. The molecule has 1 amide bonds. The third kappa shape index (κ3) is 2.96. The lowest BCUT2D eigenvalue weighted by Gasteiger charge is -2.50. The number of rotatable bonds is 3. The molecule has 1 saturated heterocycles. The Bertz CT molecular complexity index is 1030. The van der Waals surface area contributed by atoms with E-state index in [9.17, 15) is 4.79 Å². The summed E-state index contributed by atoms with van der Waals surface area (Å²) in [6.07, 6.45) is 3.75. The molecule has 1 aliphatic heterocycles. The van der Waals surface area contributed by atoms with Crippen LogP contribution in [0.25, 0.3) is 10.2 Å². The molecule has 0 unspecified atom stereocenters. The van der Waals surface area contributed by atoms with E-state index in [2.05, 4.69) is 43.3 Å². The molecule has 1 fully saturated rings. The number of likely N-dealkylation sites (tertiary alicyclic amines) is 1. The van der Waals surface area contributed by atoms with Crippen LogP contribution in [-0.2, 0) is 22.4 Å². The zero-order chi connectivity index (χ0) is 19.3. The quantitative estimate of drug-likeness (QED) is 0.543. The van der Waals surface area contributed by atoms with Gasteiger partial charge in [-0.1, -0.05) is 25.1 Å². The maximum atomic E-state index is 12.2. The minimum absolute atomic E-state index is 0.0898. The molecule has 0 saturated carbocycles. The zero-order valence-electron chi connectivity index (χ0n) is 16.3. The fraction of sp³-hybridized carbons (Fsp3) is 0.391. The SMILES string of the molecule is CN1C(=O)CC[C@]2(C)c3ccc(SCc4nc5ccccc5s4)cc3CC[C@@H]12. The van der Waals surface area contributed by atoms with Crippen molar-refractivity contribution in [2.75, 3.05) is 7.05 Å². The average molecular weight is 409 g/mol. The van der Waals surface area contributed by atoms with Crippen molar-refractivity contribution in [3.8, 4) is 0 Å². The van der Waals surface area contributed by atoms with Gasteiger partial charge in [0, 0.05) is 29.8 Å². The Morgan fingerprint density at radius 1 is 1.25 bits per heavy atom. The largest absolute Gasteiger partial charge is 0.342 e. The van der Waals surface area contributed by atoms with Crippen LogP contribution in [0.1, 0.15) is 42.3 Å². The molecule has 2 heterocycles. The van der Waals surface area contributed by atoms with Gasteiger partial charge in [0.1, 0.15) is 5.01 Å². The van der Waals surface area contributed by atoms with Gasteiger partial charge in [-0.3, -0.25) is 4.79 Å². The molecule has 2 aliphatic rings.